The van der Waals surface area contributed by atoms with E-state index < -0.39 is 49.9 Å². The number of rotatable bonds is 3. The second kappa shape index (κ2) is 5.17. The first kappa shape index (κ1) is 16.1. The summed E-state index contributed by atoms with van der Waals surface area (Å²) in [5.41, 5.74) is 1.01. The van der Waals surface area contributed by atoms with Crippen molar-refractivity contribution < 1.29 is 30.4 Å². The number of nitrogens with two attached hydrogens (primary N) is 1. The van der Waals surface area contributed by atoms with E-state index in [1.165, 1.54) is 0 Å². The Balaban J connectivity index is 3.77. The van der Waals surface area contributed by atoms with Crippen LogP contribution in [0.1, 0.15) is 23.1 Å². The summed E-state index contributed by atoms with van der Waals surface area (Å²) in [6, 6.07) is 0. The van der Waals surface area contributed by atoms with Crippen LogP contribution in [0, 0.1) is 0 Å². The van der Waals surface area contributed by atoms with Gasteiger partial charge in [-0.05, 0) is 5.56 Å². The topological polar surface area (TPSA) is 73.0 Å². The highest BCUT2D eigenvalue weighted by Crippen LogP contribution is 2.38. The molecular formula is C8H6ClF5N2O2S. The van der Waals surface area contributed by atoms with E-state index in [0.717, 1.165) is 0 Å². The van der Waals surface area contributed by atoms with Crippen LogP contribution in [0.25, 0.3) is 0 Å². The second-order valence-corrected chi connectivity index (χ2v) is 5.79. The third-order valence-corrected chi connectivity index (χ3v) is 3.38. The standard InChI is InChI=1S/C8H6ClF5N2O2S/c9-19(17,18)7-5(6(10)11)3(1-15)4(2-16-7)8(12,13)14/h2,6H,1,15H2. The highest BCUT2D eigenvalue weighted by Gasteiger charge is 2.38. The van der Waals surface area contributed by atoms with Gasteiger partial charge in [0.2, 0.25) is 0 Å². The van der Waals surface area contributed by atoms with Crippen LogP contribution < -0.4 is 5.73 Å². The molecule has 1 heterocycles. The van der Waals surface area contributed by atoms with Gasteiger partial charge >= 0.3 is 6.18 Å². The lowest BCUT2D eigenvalue weighted by Crippen LogP contribution is -2.18. The number of nitrogens with zero attached hydrogens (tertiary/aromatic N) is 1. The lowest BCUT2D eigenvalue weighted by Gasteiger charge is -2.16. The number of aromatic nitrogens is 1. The molecule has 0 spiro atoms. The van der Waals surface area contributed by atoms with Gasteiger partial charge in [-0.25, -0.2) is 22.2 Å². The van der Waals surface area contributed by atoms with Gasteiger partial charge in [0.1, 0.15) is 0 Å². The Hall–Kier alpha value is -1.00. The van der Waals surface area contributed by atoms with Crippen LogP contribution in [0.3, 0.4) is 0 Å². The van der Waals surface area contributed by atoms with Gasteiger partial charge in [-0.3, -0.25) is 0 Å². The summed E-state index contributed by atoms with van der Waals surface area (Å²) in [4.78, 5) is 2.87. The molecule has 0 amide bonds. The molecule has 2 N–H and O–H groups in total. The average Bonchev–Trinajstić information content (AvgIpc) is 2.24. The molecule has 0 radical (unpaired) electrons. The quantitative estimate of drug-likeness (QED) is 0.684. The van der Waals surface area contributed by atoms with E-state index in [0.29, 0.717) is 0 Å². The Bertz CT molecular complexity index is 588. The Morgan fingerprint density at radius 1 is 1.37 bits per heavy atom. The minimum Gasteiger partial charge on any atom is -0.326 e. The van der Waals surface area contributed by atoms with Gasteiger partial charge in [-0.2, -0.15) is 13.2 Å². The van der Waals surface area contributed by atoms with Crippen LogP contribution in [-0.2, 0) is 21.8 Å². The van der Waals surface area contributed by atoms with Crippen molar-refractivity contribution >= 4 is 19.7 Å². The molecule has 0 aliphatic heterocycles. The fraction of sp³-hybridized carbons (Fsp3) is 0.375. The normalized spacial score (nSPS) is 13.1. The minimum atomic E-state index is -4.99. The van der Waals surface area contributed by atoms with Gasteiger partial charge in [0.25, 0.3) is 15.5 Å². The molecule has 0 fully saturated rings. The smallest absolute Gasteiger partial charge is 0.326 e. The van der Waals surface area contributed by atoms with Gasteiger partial charge in [0, 0.05) is 23.4 Å². The number of halogens is 6. The maximum absolute atomic E-state index is 12.8. The predicted molar refractivity (Wildman–Crippen MR) is 55.1 cm³/mol. The Kier molecular flexibility index (Phi) is 4.37. The van der Waals surface area contributed by atoms with Crippen LogP contribution >= 0.6 is 10.7 Å². The van der Waals surface area contributed by atoms with Gasteiger partial charge in [-0.15, -0.1) is 0 Å². The maximum atomic E-state index is 12.8. The maximum Gasteiger partial charge on any atom is 0.418 e. The fourth-order valence-corrected chi connectivity index (χ4v) is 2.45. The van der Waals surface area contributed by atoms with E-state index >= 15 is 0 Å². The summed E-state index contributed by atoms with van der Waals surface area (Å²) in [6.45, 7) is -0.934. The monoisotopic (exact) mass is 324 g/mol. The molecule has 0 saturated carbocycles. The Morgan fingerprint density at radius 3 is 2.21 bits per heavy atom. The van der Waals surface area contributed by atoms with Crippen molar-refractivity contribution in [2.75, 3.05) is 0 Å². The van der Waals surface area contributed by atoms with Crippen molar-refractivity contribution in [3.05, 3.63) is 22.9 Å². The van der Waals surface area contributed by atoms with Crippen LogP contribution in [0.2, 0.25) is 0 Å². The molecule has 0 saturated heterocycles. The average molecular weight is 325 g/mol. The van der Waals surface area contributed by atoms with Crippen LogP contribution in [0.5, 0.6) is 0 Å². The third-order valence-electron chi connectivity index (χ3n) is 2.15. The Labute approximate surface area is 108 Å². The van der Waals surface area contributed by atoms with Crippen molar-refractivity contribution in [1.29, 1.82) is 0 Å². The molecule has 0 aliphatic carbocycles. The first-order valence-electron chi connectivity index (χ1n) is 4.52. The lowest BCUT2D eigenvalue weighted by atomic mass is 10.0. The summed E-state index contributed by atoms with van der Waals surface area (Å²) in [5, 5.41) is -1.32. The van der Waals surface area contributed by atoms with E-state index in [9.17, 15) is 30.4 Å². The Morgan fingerprint density at radius 2 is 1.89 bits per heavy atom. The number of pyridine rings is 1. The molecule has 1 rings (SSSR count). The van der Waals surface area contributed by atoms with Gasteiger partial charge < -0.3 is 5.73 Å². The van der Waals surface area contributed by atoms with Crippen molar-refractivity contribution in [1.82, 2.24) is 4.98 Å². The molecule has 0 bridgehead atoms. The van der Waals surface area contributed by atoms with Crippen molar-refractivity contribution in [2.45, 2.75) is 24.2 Å². The first-order valence-corrected chi connectivity index (χ1v) is 6.83. The summed E-state index contributed by atoms with van der Waals surface area (Å²) < 4.78 is 85.4. The highest BCUT2D eigenvalue weighted by atomic mass is 35.7. The zero-order chi connectivity index (χ0) is 15.0. The van der Waals surface area contributed by atoms with Crippen molar-refractivity contribution in [3.8, 4) is 0 Å². The molecular weight excluding hydrogens is 319 g/mol. The summed E-state index contributed by atoms with van der Waals surface area (Å²) in [7, 11) is 0.143. The second-order valence-electron chi connectivity index (χ2n) is 3.31. The van der Waals surface area contributed by atoms with Gasteiger partial charge in [-0.1, -0.05) is 0 Å². The largest absolute Gasteiger partial charge is 0.418 e. The lowest BCUT2D eigenvalue weighted by molar-refractivity contribution is -0.138. The molecule has 0 unspecified atom stereocenters. The van der Waals surface area contributed by atoms with E-state index in [1.807, 2.05) is 0 Å². The molecule has 0 atom stereocenters. The molecule has 11 heteroatoms. The van der Waals surface area contributed by atoms with Gasteiger partial charge in [0.15, 0.2) is 5.03 Å². The molecule has 19 heavy (non-hydrogen) atoms. The molecule has 108 valence electrons. The number of alkyl halides is 5. The van der Waals surface area contributed by atoms with E-state index in [2.05, 4.69) is 4.98 Å². The van der Waals surface area contributed by atoms with E-state index in [-0.39, 0.29) is 6.20 Å². The third kappa shape index (κ3) is 3.31. The SMILES string of the molecule is NCc1c(C(F)(F)F)cnc(S(=O)(=O)Cl)c1C(F)F. The van der Waals surface area contributed by atoms with Crippen LogP contribution in [0.4, 0.5) is 22.0 Å². The van der Waals surface area contributed by atoms with Crippen molar-refractivity contribution in [2.24, 2.45) is 5.73 Å². The zero-order valence-electron chi connectivity index (χ0n) is 8.88. The summed E-state index contributed by atoms with van der Waals surface area (Å²) >= 11 is 0. The fourth-order valence-electron chi connectivity index (χ4n) is 1.43. The van der Waals surface area contributed by atoms with Crippen LogP contribution in [0.15, 0.2) is 11.2 Å². The summed E-state index contributed by atoms with van der Waals surface area (Å²) in [6.07, 6.45) is -8.39. The molecule has 4 nitrogen and oxygen atoms in total. The predicted octanol–water partition coefficient (Wildman–Crippen LogP) is 2.42. The van der Waals surface area contributed by atoms with Gasteiger partial charge in [0.05, 0.1) is 11.1 Å². The van der Waals surface area contributed by atoms with E-state index in [4.69, 9.17) is 16.4 Å². The zero-order valence-corrected chi connectivity index (χ0v) is 10.5. The highest BCUT2D eigenvalue weighted by molar-refractivity contribution is 8.13. The summed E-state index contributed by atoms with van der Waals surface area (Å²) in [5.74, 6) is 0. The van der Waals surface area contributed by atoms with Crippen LogP contribution in [-0.4, -0.2) is 13.4 Å². The molecule has 0 aromatic carbocycles. The molecule has 0 aliphatic rings. The molecule has 1 aromatic rings. The van der Waals surface area contributed by atoms with Crippen molar-refractivity contribution in [3.63, 3.8) is 0 Å². The van der Waals surface area contributed by atoms with E-state index in [1.54, 1.807) is 0 Å². The minimum absolute atomic E-state index is 0.114. The molecule has 1 aromatic heterocycles. The first-order chi connectivity index (χ1) is 8.50. The number of hydrogen-bond acceptors (Lipinski definition) is 4. The number of hydrogen-bond donors (Lipinski definition) is 1.